The normalized spacial score (nSPS) is 9.86. The summed E-state index contributed by atoms with van der Waals surface area (Å²) in [6, 6.07) is 3.11. The van der Waals surface area contributed by atoms with Gasteiger partial charge in [-0.1, -0.05) is 6.92 Å². The van der Waals surface area contributed by atoms with Crippen LogP contribution >= 0.6 is 0 Å². The Hall–Kier alpha value is -1.62. The van der Waals surface area contributed by atoms with E-state index in [0.717, 1.165) is 6.42 Å². The van der Waals surface area contributed by atoms with Crippen LogP contribution in [0.4, 0.5) is 0 Å². The standard InChI is InChI=1S/C9H13N3O2/c1-2-5-12-6-3-4-7(9(12)14)8(13)11-10/h3-4,6H,2,5,10H2,1H3,(H,11,13). The van der Waals surface area contributed by atoms with Crippen molar-refractivity contribution in [1.82, 2.24) is 9.99 Å². The highest BCUT2D eigenvalue weighted by atomic mass is 16.2. The maximum atomic E-state index is 11.6. The molecule has 1 aromatic heterocycles. The largest absolute Gasteiger partial charge is 0.315 e. The number of nitrogen functional groups attached to an aromatic ring is 1. The fourth-order valence-electron chi connectivity index (χ4n) is 1.20. The van der Waals surface area contributed by atoms with Crippen molar-refractivity contribution >= 4 is 5.91 Å². The lowest BCUT2D eigenvalue weighted by Crippen LogP contribution is -2.36. The molecule has 1 heterocycles. The van der Waals surface area contributed by atoms with Crippen molar-refractivity contribution in [1.29, 1.82) is 0 Å². The summed E-state index contributed by atoms with van der Waals surface area (Å²) in [7, 11) is 0. The van der Waals surface area contributed by atoms with Gasteiger partial charge in [0.2, 0.25) is 0 Å². The fourth-order valence-corrected chi connectivity index (χ4v) is 1.20. The third-order valence-electron chi connectivity index (χ3n) is 1.86. The molecule has 0 aromatic carbocycles. The monoisotopic (exact) mass is 195 g/mol. The first-order valence-corrected chi connectivity index (χ1v) is 4.41. The van der Waals surface area contributed by atoms with Gasteiger partial charge < -0.3 is 4.57 Å². The van der Waals surface area contributed by atoms with Gasteiger partial charge in [0, 0.05) is 12.7 Å². The van der Waals surface area contributed by atoms with Gasteiger partial charge in [-0.25, -0.2) is 5.84 Å². The number of nitrogens with one attached hydrogen (secondary N) is 1. The number of carbonyl (C=O) groups is 1. The second-order valence-electron chi connectivity index (χ2n) is 2.89. The third kappa shape index (κ3) is 2.00. The zero-order valence-corrected chi connectivity index (χ0v) is 7.99. The number of amides is 1. The molecule has 14 heavy (non-hydrogen) atoms. The summed E-state index contributed by atoms with van der Waals surface area (Å²) in [5.74, 6) is 4.39. The number of nitrogens with zero attached hydrogens (tertiary/aromatic N) is 1. The molecule has 0 atom stereocenters. The van der Waals surface area contributed by atoms with Crippen LogP contribution in [0.25, 0.3) is 0 Å². The quantitative estimate of drug-likeness (QED) is 0.400. The highest BCUT2D eigenvalue weighted by Gasteiger charge is 2.09. The van der Waals surface area contributed by atoms with Crippen LogP contribution in [0.2, 0.25) is 0 Å². The number of pyridine rings is 1. The summed E-state index contributed by atoms with van der Waals surface area (Å²) in [5, 5.41) is 0. The molecular weight excluding hydrogens is 182 g/mol. The van der Waals surface area contributed by atoms with E-state index < -0.39 is 5.91 Å². The van der Waals surface area contributed by atoms with Crippen LogP contribution in [0.3, 0.4) is 0 Å². The van der Waals surface area contributed by atoms with Crippen molar-refractivity contribution in [3.8, 4) is 0 Å². The zero-order valence-electron chi connectivity index (χ0n) is 7.99. The Labute approximate surface area is 81.5 Å². The Morgan fingerprint density at radius 3 is 2.93 bits per heavy atom. The van der Waals surface area contributed by atoms with E-state index in [1.54, 1.807) is 12.3 Å². The van der Waals surface area contributed by atoms with E-state index in [1.165, 1.54) is 10.6 Å². The van der Waals surface area contributed by atoms with Crippen LogP contribution < -0.4 is 16.8 Å². The number of carbonyl (C=O) groups excluding carboxylic acids is 1. The first kappa shape index (κ1) is 10.5. The van der Waals surface area contributed by atoms with Crippen LogP contribution in [0.5, 0.6) is 0 Å². The third-order valence-corrected chi connectivity index (χ3v) is 1.86. The molecule has 0 aliphatic rings. The Kier molecular flexibility index (Phi) is 3.41. The summed E-state index contributed by atoms with van der Waals surface area (Å²) in [4.78, 5) is 22.7. The van der Waals surface area contributed by atoms with Crippen molar-refractivity contribution in [2.24, 2.45) is 5.84 Å². The lowest BCUT2D eigenvalue weighted by molar-refractivity contribution is 0.0951. The Balaban J connectivity index is 3.14. The van der Waals surface area contributed by atoms with E-state index in [9.17, 15) is 9.59 Å². The molecule has 1 aromatic rings. The van der Waals surface area contributed by atoms with Gasteiger partial charge in [0.15, 0.2) is 0 Å². The van der Waals surface area contributed by atoms with Gasteiger partial charge >= 0.3 is 0 Å². The summed E-state index contributed by atoms with van der Waals surface area (Å²) in [5.41, 5.74) is 1.70. The van der Waals surface area contributed by atoms with Crippen LogP contribution in [-0.2, 0) is 6.54 Å². The number of hydrogen-bond donors (Lipinski definition) is 2. The maximum absolute atomic E-state index is 11.6. The smallest absolute Gasteiger partial charge is 0.270 e. The van der Waals surface area contributed by atoms with Crippen molar-refractivity contribution < 1.29 is 4.79 Å². The number of aryl methyl sites for hydroxylation is 1. The van der Waals surface area contributed by atoms with Gasteiger partial charge in [0.25, 0.3) is 11.5 Å². The second kappa shape index (κ2) is 4.57. The molecule has 5 heteroatoms. The molecule has 1 rings (SSSR count). The van der Waals surface area contributed by atoms with E-state index >= 15 is 0 Å². The summed E-state index contributed by atoms with van der Waals surface area (Å²) >= 11 is 0. The van der Waals surface area contributed by atoms with Crippen molar-refractivity contribution in [2.75, 3.05) is 0 Å². The molecule has 0 aliphatic carbocycles. The van der Waals surface area contributed by atoms with Crippen LogP contribution in [-0.4, -0.2) is 10.5 Å². The zero-order chi connectivity index (χ0) is 10.6. The van der Waals surface area contributed by atoms with Gasteiger partial charge in [0.05, 0.1) is 0 Å². The average molecular weight is 195 g/mol. The van der Waals surface area contributed by atoms with Crippen molar-refractivity contribution in [3.05, 3.63) is 34.2 Å². The number of hydrazine groups is 1. The maximum Gasteiger partial charge on any atom is 0.270 e. The molecule has 0 saturated heterocycles. The van der Waals surface area contributed by atoms with Crippen LogP contribution in [0.15, 0.2) is 23.1 Å². The second-order valence-corrected chi connectivity index (χ2v) is 2.89. The minimum absolute atomic E-state index is 0.0726. The molecule has 76 valence electrons. The first-order chi connectivity index (χ1) is 6.70. The fraction of sp³-hybridized carbons (Fsp3) is 0.333. The van der Waals surface area contributed by atoms with Gasteiger partial charge in [-0.05, 0) is 18.6 Å². The first-order valence-electron chi connectivity index (χ1n) is 4.41. The SMILES string of the molecule is CCCn1cccc(C(=O)NN)c1=O. The van der Waals surface area contributed by atoms with Crippen molar-refractivity contribution in [3.63, 3.8) is 0 Å². The van der Waals surface area contributed by atoms with Gasteiger partial charge in [-0.3, -0.25) is 15.0 Å². The highest BCUT2D eigenvalue weighted by Crippen LogP contribution is 1.92. The van der Waals surface area contributed by atoms with E-state index in [-0.39, 0.29) is 11.1 Å². The van der Waals surface area contributed by atoms with E-state index in [0.29, 0.717) is 6.54 Å². The molecule has 0 radical (unpaired) electrons. The number of hydrogen-bond acceptors (Lipinski definition) is 3. The molecule has 3 N–H and O–H groups in total. The number of nitrogens with two attached hydrogens (primary N) is 1. The van der Waals surface area contributed by atoms with E-state index in [1.807, 2.05) is 12.3 Å². The van der Waals surface area contributed by atoms with Crippen molar-refractivity contribution in [2.45, 2.75) is 19.9 Å². The molecule has 1 amide bonds. The molecule has 5 nitrogen and oxygen atoms in total. The molecular formula is C9H13N3O2. The topological polar surface area (TPSA) is 77.1 Å². The predicted molar refractivity (Wildman–Crippen MR) is 52.6 cm³/mol. The number of rotatable bonds is 3. The van der Waals surface area contributed by atoms with Gasteiger partial charge in [-0.15, -0.1) is 0 Å². The Bertz CT molecular complexity index is 384. The lowest BCUT2D eigenvalue weighted by Gasteiger charge is -2.05. The van der Waals surface area contributed by atoms with Crippen LogP contribution in [0.1, 0.15) is 23.7 Å². The summed E-state index contributed by atoms with van der Waals surface area (Å²) < 4.78 is 1.49. The molecule has 0 aliphatic heterocycles. The van der Waals surface area contributed by atoms with E-state index in [2.05, 4.69) is 0 Å². The van der Waals surface area contributed by atoms with Gasteiger partial charge in [0.1, 0.15) is 5.56 Å². The molecule has 0 unspecified atom stereocenters. The Morgan fingerprint density at radius 1 is 1.64 bits per heavy atom. The van der Waals surface area contributed by atoms with E-state index in [4.69, 9.17) is 5.84 Å². The minimum atomic E-state index is -0.555. The molecule has 0 saturated carbocycles. The predicted octanol–water partition coefficient (Wildman–Crippen LogP) is -0.138. The lowest BCUT2D eigenvalue weighted by atomic mass is 10.2. The molecule has 0 bridgehead atoms. The summed E-state index contributed by atoms with van der Waals surface area (Å²) in [6.45, 7) is 2.56. The van der Waals surface area contributed by atoms with Gasteiger partial charge in [-0.2, -0.15) is 0 Å². The number of aromatic nitrogens is 1. The summed E-state index contributed by atoms with van der Waals surface area (Å²) in [6.07, 6.45) is 2.49. The minimum Gasteiger partial charge on any atom is -0.315 e. The average Bonchev–Trinajstić information content (AvgIpc) is 2.20. The molecule has 0 spiro atoms. The Morgan fingerprint density at radius 2 is 2.36 bits per heavy atom. The highest BCUT2D eigenvalue weighted by molar-refractivity contribution is 5.93. The van der Waals surface area contributed by atoms with Crippen LogP contribution in [0, 0.1) is 0 Å². The molecule has 0 fully saturated rings.